The molecule has 0 spiro atoms. The topological polar surface area (TPSA) is 3.24 Å². The van der Waals surface area contributed by atoms with Gasteiger partial charge in [-0.2, -0.15) is 0 Å². The van der Waals surface area contributed by atoms with Crippen LogP contribution < -0.4 is 0 Å². The summed E-state index contributed by atoms with van der Waals surface area (Å²) in [6, 6.07) is 0.585. The van der Waals surface area contributed by atoms with Crippen LogP contribution in [-0.4, -0.2) is 17.5 Å². The second-order valence-corrected chi connectivity index (χ2v) is 4.27. The molecule has 1 nitrogen and oxygen atoms in total. The number of nitrogens with zero attached hydrogens (tertiary/aromatic N) is 1. The van der Waals surface area contributed by atoms with Gasteiger partial charge in [-0.1, -0.05) is 37.8 Å². The molecular formula is C13H23N. The Hall–Kier alpha value is -0.720. The Morgan fingerprint density at radius 2 is 2.07 bits per heavy atom. The number of hydrogen-bond acceptors (Lipinski definition) is 1. The van der Waals surface area contributed by atoms with Crippen LogP contribution in [0.1, 0.15) is 46.5 Å². The third-order valence-corrected chi connectivity index (χ3v) is 2.83. The maximum atomic E-state index is 2.43. The van der Waals surface area contributed by atoms with E-state index in [1.165, 1.54) is 37.8 Å². The van der Waals surface area contributed by atoms with E-state index in [9.17, 15) is 0 Å². The molecule has 1 aliphatic heterocycles. The molecular weight excluding hydrogens is 170 g/mol. The largest absolute Gasteiger partial charge is 0.371 e. The maximum Gasteiger partial charge on any atom is 0.0444 e. The highest BCUT2D eigenvalue weighted by Crippen LogP contribution is 2.14. The first-order valence-corrected chi connectivity index (χ1v) is 5.86. The normalized spacial score (nSPS) is 21.2. The summed E-state index contributed by atoms with van der Waals surface area (Å²) >= 11 is 0. The molecule has 80 valence electrons. The van der Waals surface area contributed by atoms with Crippen molar-refractivity contribution in [1.29, 1.82) is 0 Å². The molecule has 0 saturated carbocycles. The lowest BCUT2D eigenvalue weighted by Gasteiger charge is -2.28. The Balaban J connectivity index is 2.23. The summed E-state index contributed by atoms with van der Waals surface area (Å²) in [5.74, 6) is 0. The number of unbranched alkanes of at least 4 members (excludes halogenated alkanes) is 3. The van der Waals surface area contributed by atoms with Gasteiger partial charge in [0.25, 0.3) is 0 Å². The molecule has 0 radical (unpaired) electrons. The van der Waals surface area contributed by atoms with Gasteiger partial charge in [0.1, 0.15) is 0 Å². The van der Waals surface area contributed by atoms with Crippen LogP contribution in [0.15, 0.2) is 23.9 Å². The molecule has 1 heteroatoms. The number of allylic oxidation sites excluding steroid dienone is 2. The monoisotopic (exact) mass is 193 g/mol. The lowest BCUT2D eigenvalue weighted by atomic mass is 10.1. The number of hydrogen-bond donors (Lipinski definition) is 0. The zero-order chi connectivity index (χ0) is 10.4. The predicted molar refractivity (Wildman–Crippen MR) is 63.2 cm³/mol. The van der Waals surface area contributed by atoms with Crippen molar-refractivity contribution in [1.82, 2.24) is 4.90 Å². The summed E-state index contributed by atoms with van der Waals surface area (Å²) < 4.78 is 0. The molecule has 1 atom stereocenters. The van der Waals surface area contributed by atoms with Crippen LogP contribution >= 0.6 is 0 Å². The second kappa shape index (κ2) is 5.90. The van der Waals surface area contributed by atoms with Gasteiger partial charge in [0.05, 0.1) is 0 Å². The molecule has 0 aromatic heterocycles. The van der Waals surface area contributed by atoms with E-state index in [1.807, 2.05) is 0 Å². The van der Waals surface area contributed by atoms with E-state index in [-0.39, 0.29) is 0 Å². The standard InChI is InChI=1S/C13H23N/c1-4-5-6-7-9-14-10-8-12(2)11-13(14)3/h8,10-11,13H,4-7,9H2,1-3H3. The van der Waals surface area contributed by atoms with Gasteiger partial charge in [-0.15, -0.1) is 0 Å². The quantitative estimate of drug-likeness (QED) is 0.601. The molecule has 0 fully saturated rings. The van der Waals surface area contributed by atoms with Gasteiger partial charge in [0.15, 0.2) is 0 Å². The Kier molecular flexibility index (Phi) is 4.78. The van der Waals surface area contributed by atoms with Gasteiger partial charge in [0, 0.05) is 12.6 Å². The van der Waals surface area contributed by atoms with Crippen molar-refractivity contribution < 1.29 is 0 Å². The molecule has 0 aromatic rings. The highest BCUT2D eigenvalue weighted by Gasteiger charge is 2.09. The summed E-state index contributed by atoms with van der Waals surface area (Å²) in [5, 5.41) is 0. The van der Waals surface area contributed by atoms with Gasteiger partial charge in [-0.25, -0.2) is 0 Å². The highest BCUT2D eigenvalue weighted by atomic mass is 15.1. The van der Waals surface area contributed by atoms with Gasteiger partial charge in [-0.3, -0.25) is 0 Å². The third kappa shape index (κ3) is 3.57. The molecule has 0 bridgehead atoms. The van der Waals surface area contributed by atoms with Crippen LogP contribution in [0.3, 0.4) is 0 Å². The zero-order valence-electron chi connectivity index (χ0n) is 9.79. The summed E-state index contributed by atoms with van der Waals surface area (Å²) in [7, 11) is 0. The van der Waals surface area contributed by atoms with Crippen molar-refractivity contribution in [2.45, 2.75) is 52.5 Å². The SMILES string of the molecule is CCCCCCN1C=CC(C)=CC1C. The lowest BCUT2D eigenvalue weighted by molar-refractivity contribution is 0.321. The van der Waals surface area contributed by atoms with E-state index >= 15 is 0 Å². The predicted octanol–water partition coefficient (Wildman–Crippen LogP) is 3.73. The van der Waals surface area contributed by atoms with E-state index in [1.54, 1.807) is 0 Å². The first-order chi connectivity index (χ1) is 6.74. The average molecular weight is 193 g/mol. The molecule has 0 aromatic carbocycles. The first kappa shape index (κ1) is 11.4. The molecule has 0 aliphatic carbocycles. The van der Waals surface area contributed by atoms with Crippen molar-refractivity contribution in [3.8, 4) is 0 Å². The van der Waals surface area contributed by atoms with Crippen molar-refractivity contribution in [2.75, 3.05) is 6.54 Å². The zero-order valence-corrected chi connectivity index (χ0v) is 9.79. The Morgan fingerprint density at radius 1 is 1.29 bits per heavy atom. The average Bonchev–Trinajstić information content (AvgIpc) is 2.15. The summed E-state index contributed by atoms with van der Waals surface area (Å²) in [6.45, 7) is 7.91. The van der Waals surface area contributed by atoms with Gasteiger partial charge in [0.2, 0.25) is 0 Å². The maximum absolute atomic E-state index is 2.43. The minimum Gasteiger partial charge on any atom is -0.371 e. The molecule has 0 N–H and O–H groups in total. The Bertz CT molecular complexity index is 215. The smallest absolute Gasteiger partial charge is 0.0444 e. The molecule has 1 aliphatic rings. The summed E-state index contributed by atoms with van der Waals surface area (Å²) in [6.07, 6.45) is 12.2. The van der Waals surface area contributed by atoms with E-state index in [2.05, 4.69) is 44.0 Å². The van der Waals surface area contributed by atoms with Gasteiger partial charge < -0.3 is 4.90 Å². The fraction of sp³-hybridized carbons (Fsp3) is 0.692. The lowest BCUT2D eigenvalue weighted by Crippen LogP contribution is -2.29. The molecule has 1 unspecified atom stereocenters. The molecule has 1 heterocycles. The van der Waals surface area contributed by atoms with E-state index in [4.69, 9.17) is 0 Å². The minimum atomic E-state index is 0.585. The van der Waals surface area contributed by atoms with E-state index < -0.39 is 0 Å². The van der Waals surface area contributed by atoms with Crippen LogP contribution in [-0.2, 0) is 0 Å². The third-order valence-electron chi connectivity index (χ3n) is 2.83. The van der Waals surface area contributed by atoms with E-state index in [0.717, 1.165) is 0 Å². The minimum absolute atomic E-state index is 0.585. The van der Waals surface area contributed by atoms with Crippen molar-refractivity contribution in [3.63, 3.8) is 0 Å². The second-order valence-electron chi connectivity index (χ2n) is 4.27. The van der Waals surface area contributed by atoms with Gasteiger partial charge >= 0.3 is 0 Å². The Labute approximate surface area is 88.5 Å². The van der Waals surface area contributed by atoms with Crippen molar-refractivity contribution in [3.05, 3.63) is 23.9 Å². The molecule has 1 rings (SSSR count). The van der Waals surface area contributed by atoms with E-state index in [0.29, 0.717) is 6.04 Å². The fourth-order valence-corrected chi connectivity index (χ4v) is 1.88. The Morgan fingerprint density at radius 3 is 2.71 bits per heavy atom. The van der Waals surface area contributed by atoms with Crippen LogP contribution in [0.2, 0.25) is 0 Å². The summed E-state index contributed by atoms with van der Waals surface area (Å²) in [5.41, 5.74) is 1.39. The number of rotatable bonds is 5. The van der Waals surface area contributed by atoms with Gasteiger partial charge in [-0.05, 0) is 32.5 Å². The van der Waals surface area contributed by atoms with Crippen molar-refractivity contribution >= 4 is 0 Å². The molecule has 0 saturated heterocycles. The molecule has 0 amide bonds. The first-order valence-electron chi connectivity index (χ1n) is 5.86. The van der Waals surface area contributed by atoms with Crippen LogP contribution in [0.5, 0.6) is 0 Å². The van der Waals surface area contributed by atoms with Crippen molar-refractivity contribution in [2.24, 2.45) is 0 Å². The van der Waals surface area contributed by atoms with Crippen LogP contribution in [0, 0.1) is 0 Å². The molecule has 14 heavy (non-hydrogen) atoms. The van der Waals surface area contributed by atoms with Crippen LogP contribution in [0.4, 0.5) is 0 Å². The van der Waals surface area contributed by atoms with Crippen LogP contribution in [0.25, 0.3) is 0 Å². The summed E-state index contributed by atoms with van der Waals surface area (Å²) in [4.78, 5) is 2.43. The highest BCUT2D eigenvalue weighted by molar-refractivity contribution is 5.22. The fourth-order valence-electron chi connectivity index (χ4n) is 1.88.